The fraction of sp³-hybridized carbons (Fsp3) is 0.500. The van der Waals surface area contributed by atoms with Crippen molar-refractivity contribution in [2.24, 2.45) is 5.92 Å². The molecule has 1 heterocycles. The zero-order valence-corrected chi connectivity index (χ0v) is 12.5. The number of rotatable bonds is 5. The van der Waals surface area contributed by atoms with Gasteiger partial charge in [0.05, 0.1) is 0 Å². The molecule has 0 aromatic heterocycles. The minimum Gasteiger partial charge on any atom is -0.294 e. The van der Waals surface area contributed by atoms with Gasteiger partial charge in [-0.2, -0.15) is 0 Å². The second-order valence-electron chi connectivity index (χ2n) is 4.70. The maximum atomic E-state index is 12.2. The number of carbonyl (C=O) groups is 1. The lowest BCUT2D eigenvalue weighted by atomic mass is 9.97. The first kappa shape index (κ1) is 14.6. The molecule has 2 rings (SSSR count). The van der Waals surface area contributed by atoms with E-state index in [1.165, 1.54) is 0 Å². The number of ketones is 1. The lowest BCUT2D eigenvalue weighted by Crippen LogP contribution is -2.27. The Balaban J connectivity index is 2.09. The summed E-state index contributed by atoms with van der Waals surface area (Å²) in [6.07, 6.45) is 1.07. The van der Waals surface area contributed by atoms with Gasteiger partial charge in [-0.05, 0) is 5.92 Å². The minimum atomic E-state index is -1.05. The quantitative estimate of drug-likeness (QED) is 0.782. The van der Waals surface area contributed by atoms with E-state index in [-0.39, 0.29) is 16.3 Å². The van der Waals surface area contributed by atoms with E-state index in [2.05, 4.69) is 0 Å². The normalized spacial score (nSPS) is 25.3. The number of hydrogen-bond donors (Lipinski definition) is 0. The lowest BCUT2D eigenvalue weighted by molar-refractivity contribution is 0.0963. The first-order valence-electron chi connectivity index (χ1n) is 6.46. The van der Waals surface area contributed by atoms with Gasteiger partial charge in [0.25, 0.3) is 0 Å². The van der Waals surface area contributed by atoms with Crippen LogP contribution in [0.4, 0.5) is 0 Å². The summed E-state index contributed by atoms with van der Waals surface area (Å²) in [6, 6.07) is 9.12. The molecule has 0 radical (unpaired) electrons. The Morgan fingerprint density at radius 3 is 2.32 bits per heavy atom. The van der Waals surface area contributed by atoms with Gasteiger partial charge in [-0.1, -0.05) is 43.7 Å². The second-order valence-corrected chi connectivity index (χ2v) is 8.35. The van der Waals surface area contributed by atoms with Gasteiger partial charge in [-0.25, -0.2) is 0 Å². The van der Waals surface area contributed by atoms with Crippen molar-refractivity contribution in [3.63, 3.8) is 0 Å². The van der Waals surface area contributed by atoms with Crippen molar-refractivity contribution < 1.29 is 13.2 Å². The van der Waals surface area contributed by atoms with Gasteiger partial charge >= 0.3 is 0 Å². The third-order valence-corrected chi connectivity index (χ3v) is 8.02. The molecule has 0 saturated carbocycles. The van der Waals surface area contributed by atoms with Gasteiger partial charge in [0.15, 0.2) is 5.78 Å². The molecule has 0 spiro atoms. The third kappa shape index (κ3) is 3.39. The molecule has 1 aromatic carbocycles. The molecule has 0 unspecified atom stereocenters. The summed E-state index contributed by atoms with van der Waals surface area (Å²) in [4.78, 5) is 12.2. The Hall–Kier alpha value is -0.810. The van der Waals surface area contributed by atoms with Crippen LogP contribution in [0.15, 0.2) is 30.3 Å². The van der Waals surface area contributed by atoms with Crippen LogP contribution in [-0.2, 0) is 21.6 Å². The molecule has 104 valence electrons. The number of hydrogen-bond acceptors (Lipinski definition) is 3. The molecule has 0 N–H and O–H groups in total. The summed E-state index contributed by atoms with van der Waals surface area (Å²) in [5.41, 5.74) is 0.676. The van der Waals surface area contributed by atoms with Crippen molar-refractivity contribution in [3.05, 3.63) is 35.9 Å². The predicted molar refractivity (Wildman–Crippen MR) is 79.0 cm³/mol. The van der Waals surface area contributed by atoms with Crippen molar-refractivity contribution in [2.45, 2.75) is 24.3 Å². The van der Waals surface area contributed by atoms with Crippen LogP contribution in [0.2, 0.25) is 0 Å². The highest BCUT2D eigenvalue weighted by atomic mass is 32.3. The fourth-order valence-electron chi connectivity index (χ4n) is 2.36. The van der Waals surface area contributed by atoms with Crippen LogP contribution < -0.4 is 0 Å². The minimum absolute atomic E-state index is 0.0446. The molecule has 0 amide bonds. The molecule has 1 aliphatic rings. The van der Waals surface area contributed by atoms with Crippen LogP contribution in [0.25, 0.3) is 0 Å². The molecule has 3 nitrogen and oxygen atoms in total. The van der Waals surface area contributed by atoms with E-state index in [1.807, 2.05) is 25.1 Å². The first-order valence-corrected chi connectivity index (χ1v) is 9.22. The average molecular weight is 298 g/mol. The third-order valence-electron chi connectivity index (χ3n) is 3.46. The van der Waals surface area contributed by atoms with E-state index in [4.69, 9.17) is 0 Å². The smallest absolute Gasteiger partial charge is 0.163 e. The van der Waals surface area contributed by atoms with E-state index < -0.39 is 21.6 Å². The molecule has 0 aliphatic carbocycles. The van der Waals surface area contributed by atoms with Crippen LogP contribution in [0, 0.1) is 5.92 Å². The van der Waals surface area contributed by atoms with Gasteiger partial charge in [0.2, 0.25) is 0 Å². The molecule has 0 bridgehead atoms. The van der Waals surface area contributed by atoms with Crippen LogP contribution in [0.5, 0.6) is 0 Å². The van der Waals surface area contributed by atoms with E-state index >= 15 is 0 Å². The fourth-order valence-corrected chi connectivity index (χ4v) is 7.11. The molecule has 1 saturated heterocycles. The monoisotopic (exact) mass is 298 g/mol. The van der Waals surface area contributed by atoms with Gasteiger partial charge in [0, 0.05) is 45.1 Å². The zero-order chi connectivity index (χ0) is 13.8. The molecule has 3 atom stereocenters. The number of Topliss-reactive ketones (excluding diaryl/α,β-unsaturated/α-hetero) is 1. The highest BCUT2D eigenvalue weighted by molar-refractivity contribution is 8.06. The summed E-state index contributed by atoms with van der Waals surface area (Å²) >= 11 is 0. The SMILES string of the molecule is CC[C@@H](CC(=O)c1ccccc1)C1[S@](=O)CC[S@]1=O. The van der Waals surface area contributed by atoms with Crippen LogP contribution >= 0.6 is 0 Å². The maximum absolute atomic E-state index is 12.2. The second kappa shape index (κ2) is 6.57. The van der Waals surface area contributed by atoms with E-state index in [9.17, 15) is 13.2 Å². The van der Waals surface area contributed by atoms with Gasteiger partial charge in [0.1, 0.15) is 4.58 Å². The summed E-state index contributed by atoms with van der Waals surface area (Å²) in [7, 11) is -2.09. The molecular weight excluding hydrogens is 280 g/mol. The molecule has 1 aliphatic heterocycles. The van der Waals surface area contributed by atoms with E-state index in [0.717, 1.165) is 6.42 Å². The van der Waals surface area contributed by atoms with Crippen molar-refractivity contribution in [1.29, 1.82) is 0 Å². The van der Waals surface area contributed by atoms with E-state index in [0.29, 0.717) is 23.5 Å². The van der Waals surface area contributed by atoms with Gasteiger partial charge in [-0.15, -0.1) is 0 Å². The highest BCUT2D eigenvalue weighted by Gasteiger charge is 2.37. The Morgan fingerprint density at radius 1 is 1.21 bits per heavy atom. The Morgan fingerprint density at radius 2 is 1.79 bits per heavy atom. The van der Waals surface area contributed by atoms with Gasteiger partial charge < -0.3 is 0 Å². The lowest BCUT2D eigenvalue weighted by Gasteiger charge is -2.19. The van der Waals surface area contributed by atoms with Crippen LogP contribution in [0.1, 0.15) is 30.1 Å². The first-order chi connectivity index (χ1) is 9.13. The Labute approximate surface area is 118 Å². The van der Waals surface area contributed by atoms with Gasteiger partial charge in [-0.3, -0.25) is 13.2 Å². The van der Waals surface area contributed by atoms with Crippen LogP contribution in [-0.4, -0.2) is 30.3 Å². The van der Waals surface area contributed by atoms with Crippen molar-refractivity contribution >= 4 is 27.4 Å². The molecule has 1 fully saturated rings. The predicted octanol–water partition coefficient (Wildman–Crippen LogP) is 2.12. The molecule has 5 heteroatoms. The molecular formula is C14H18O3S2. The topological polar surface area (TPSA) is 51.2 Å². The van der Waals surface area contributed by atoms with E-state index in [1.54, 1.807) is 12.1 Å². The average Bonchev–Trinajstić information content (AvgIpc) is 2.76. The largest absolute Gasteiger partial charge is 0.294 e. The zero-order valence-electron chi connectivity index (χ0n) is 10.9. The number of carbonyl (C=O) groups excluding carboxylic acids is 1. The molecule has 19 heavy (non-hydrogen) atoms. The number of benzene rings is 1. The Kier molecular flexibility index (Phi) is 5.05. The highest BCUT2D eigenvalue weighted by Crippen LogP contribution is 2.27. The summed E-state index contributed by atoms with van der Waals surface area (Å²) in [5, 5.41) is 0. The van der Waals surface area contributed by atoms with Crippen molar-refractivity contribution in [1.82, 2.24) is 0 Å². The summed E-state index contributed by atoms with van der Waals surface area (Å²) in [6.45, 7) is 1.97. The van der Waals surface area contributed by atoms with Crippen molar-refractivity contribution in [2.75, 3.05) is 11.5 Å². The Bertz CT molecular complexity index is 483. The molecule has 1 aromatic rings. The maximum Gasteiger partial charge on any atom is 0.163 e. The summed E-state index contributed by atoms with van der Waals surface area (Å²) in [5.74, 6) is 1.02. The summed E-state index contributed by atoms with van der Waals surface area (Å²) < 4.78 is 23.5. The van der Waals surface area contributed by atoms with Crippen LogP contribution in [0.3, 0.4) is 0 Å². The standard InChI is InChI=1S/C14H18O3S2/c1-2-11(14-18(16)8-9-19(14)17)10-13(15)12-6-4-3-5-7-12/h3-7,11,14H,2,8-10H2,1H3/t11-,18+,19+/m0/s1. The van der Waals surface area contributed by atoms with Crippen molar-refractivity contribution in [3.8, 4) is 0 Å².